The van der Waals surface area contributed by atoms with Crippen molar-refractivity contribution in [3.63, 3.8) is 0 Å². The minimum Gasteiger partial charge on any atom is -0.475 e. The molecule has 0 radical (unpaired) electrons. The molecule has 0 aliphatic carbocycles. The molecule has 0 unspecified atom stereocenters. The van der Waals surface area contributed by atoms with Gasteiger partial charge in [-0.15, -0.1) is 0 Å². The molecule has 52 valence electrons. The summed E-state index contributed by atoms with van der Waals surface area (Å²) in [6.45, 7) is 0.391. The fourth-order valence-corrected chi connectivity index (χ4v) is 0.538. The zero-order chi connectivity index (χ0) is 7.40. The van der Waals surface area contributed by atoms with E-state index in [1.54, 1.807) is 12.2 Å². The van der Waals surface area contributed by atoms with Crippen molar-refractivity contribution in [2.24, 2.45) is 9.98 Å². The first-order valence-corrected chi connectivity index (χ1v) is 2.77. The van der Waals surface area contributed by atoms with Crippen molar-refractivity contribution in [3.8, 4) is 0 Å². The summed E-state index contributed by atoms with van der Waals surface area (Å²) in [5.74, 6) is -1.22. The van der Waals surface area contributed by atoms with Gasteiger partial charge in [-0.3, -0.25) is 4.99 Å². The van der Waals surface area contributed by atoms with E-state index in [-0.39, 0.29) is 5.84 Å². The number of carboxylic acids is 1. The van der Waals surface area contributed by atoms with Crippen LogP contribution in [0, 0.1) is 0 Å². The molecule has 1 rings (SSSR count). The fraction of sp³-hybridized carbons (Fsp3) is 0.167. The molecular formula is C6H6N2O2. The fourth-order valence-electron chi connectivity index (χ4n) is 0.538. The van der Waals surface area contributed by atoms with Gasteiger partial charge in [0.2, 0.25) is 5.84 Å². The molecule has 4 nitrogen and oxygen atoms in total. The zero-order valence-electron chi connectivity index (χ0n) is 5.19. The number of hydrogen-bond acceptors (Lipinski definition) is 3. The smallest absolute Gasteiger partial charge is 0.373 e. The lowest BCUT2D eigenvalue weighted by atomic mass is 10.5. The molecule has 0 aromatic carbocycles. The molecule has 1 aliphatic heterocycles. The second-order valence-corrected chi connectivity index (χ2v) is 1.68. The molecule has 0 atom stereocenters. The molecular weight excluding hydrogens is 132 g/mol. The molecule has 0 fully saturated rings. The van der Waals surface area contributed by atoms with Crippen LogP contribution in [0.2, 0.25) is 0 Å². The molecule has 0 saturated heterocycles. The van der Waals surface area contributed by atoms with Crippen molar-refractivity contribution in [2.45, 2.75) is 0 Å². The Kier molecular flexibility index (Phi) is 1.94. The lowest BCUT2D eigenvalue weighted by molar-refractivity contribution is -0.129. The molecule has 0 aromatic heterocycles. The van der Waals surface area contributed by atoms with Crippen molar-refractivity contribution in [2.75, 3.05) is 6.54 Å². The summed E-state index contributed by atoms with van der Waals surface area (Å²) in [4.78, 5) is 17.5. The topological polar surface area (TPSA) is 62.0 Å². The second-order valence-electron chi connectivity index (χ2n) is 1.68. The number of allylic oxidation sites excluding steroid dienone is 1. The largest absolute Gasteiger partial charge is 0.475 e. The quantitative estimate of drug-likeness (QED) is 0.559. The van der Waals surface area contributed by atoms with Crippen molar-refractivity contribution in [1.82, 2.24) is 0 Å². The van der Waals surface area contributed by atoms with Gasteiger partial charge in [-0.1, -0.05) is 6.08 Å². The van der Waals surface area contributed by atoms with Gasteiger partial charge in [-0.05, 0) is 6.08 Å². The second kappa shape index (κ2) is 2.91. The van der Waals surface area contributed by atoms with E-state index in [4.69, 9.17) is 5.11 Å². The number of aliphatic carboxylic acids is 1. The van der Waals surface area contributed by atoms with Gasteiger partial charge < -0.3 is 5.11 Å². The Bertz CT molecular complexity index is 228. The van der Waals surface area contributed by atoms with Gasteiger partial charge in [0, 0.05) is 6.21 Å². The maximum absolute atomic E-state index is 10.2. The predicted octanol–water partition coefficient (Wildman–Crippen LogP) is 0.110. The molecule has 1 N–H and O–H groups in total. The normalized spacial score (nSPS) is 16.2. The van der Waals surface area contributed by atoms with E-state index in [0.29, 0.717) is 6.54 Å². The monoisotopic (exact) mass is 138 g/mol. The van der Waals surface area contributed by atoms with E-state index in [9.17, 15) is 4.79 Å². The van der Waals surface area contributed by atoms with Gasteiger partial charge in [-0.25, -0.2) is 9.79 Å². The van der Waals surface area contributed by atoms with Gasteiger partial charge >= 0.3 is 5.97 Å². The first-order valence-electron chi connectivity index (χ1n) is 2.77. The van der Waals surface area contributed by atoms with E-state index in [2.05, 4.69) is 9.98 Å². The molecule has 0 spiro atoms. The average molecular weight is 138 g/mol. The highest BCUT2D eigenvalue weighted by atomic mass is 16.4. The van der Waals surface area contributed by atoms with Crippen LogP contribution >= 0.6 is 0 Å². The summed E-state index contributed by atoms with van der Waals surface area (Å²) in [6.07, 6.45) is 4.82. The minimum absolute atomic E-state index is 0.134. The molecule has 0 saturated carbocycles. The van der Waals surface area contributed by atoms with E-state index >= 15 is 0 Å². The Hall–Kier alpha value is -1.45. The highest BCUT2D eigenvalue weighted by Gasteiger charge is 2.05. The molecule has 0 aromatic rings. The first-order chi connectivity index (χ1) is 4.80. The van der Waals surface area contributed by atoms with Crippen LogP contribution in [0.1, 0.15) is 0 Å². The molecule has 1 heterocycles. The minimum atomic E-state index is -1.08. The van der Waals surface area contributed by atoms with Crippen LogP contribution in [0.25, 0.3) is 0 Å². The first kappa shape index (κ1) is 6.67. The Morgan fingerprint density at radius 2 is 2.50 bits per heavy atom. The highest BCUT2D eigenvalue weighted by Crippen LogP contribution is 1.87. The van der Waals surface area contributed by atoms with E-state index < -0.39 is 5.97 Å². The van der Waals surface area contributed by atoms with Gasteiger partial charge in [0.25, 0.3) is 0 Å². The number of aliphatic imine (C=N–C) groups is 2. The number of hydrogen-bond donors (Lipinski definition) is 1. The maximum Gasteiger partial charge on any atom is 0.373 e. The van der Waals surface area contributed by atoms with Gasteiger partial charge in [-0.2, -0.15) is 0 Å². The SMILES string of the molecule is O=C(O)C1=NCC=CC=N1. The highest BCUT2D eigenvalue weighted by molar-refractivity contribution is 6.36. The van der Waals surface area contributed by atoms with Crippen LogP contribution < -0.4 is 0 Å². The summed E-state index contributed by atoms with van der Waals surface area (Å²) in [5.41, 5.74) is 0. The molecule has 10 heavy (non-hydrogen) atoms. The van der Waals surface area contributed by atoms with Crippen LogP contribution in [0.5, 0.6) is 0 Å². The Labute approximate surface area is 57.6 Å². The lowest BCUT2D eigenvalue weighted by Crippen LogP contribution is -2.09. The summed E-state index contributed by atoms with van der Waals surface area (Å²) in [7, 11) is 0. The van der Waals surface area contributed by atoms with Gasteiger partial charge in [0.05, 0.1) is 6.54 Å². The predicted molar refractivity (Wildman–Crippen MR) is 37.6 cm³/mol. The third-order valence-electron chi connectivity index (χ3n) is 0.957. The van der Waals surface area contributed by atoms with Crippen LogP contribution in [0.4, 0.5) is 0 Å². The number of nitrogens with zero attached hydrogens (tertiary/aromatic N) is 2. The molecule has 1 aliphatic rings. The molecule has 0 amide bonds. The Morgan fingerprint density at radius 1 is 1.70 bits per heavy atom. The van der Waals surface area contributed by atoms with E-state index in [0.717, 1.165) is 0 Å². The van der Waals surface area contributed by atoms with Gasteiger partial charge in [0.1, 0.15) is 0 Å². The van der Waals surface area contributed by atoms with Crippen molar-refractivity contribution in [3.05, 3.63) is 12.2 Å². The molecule has 4 heteroatoms. The number of carbonyl (C=O) groups is 1. The number of rotatable bonds is 1. The Morgan fingerprint density at radius 3 is 3.20 bits per heavy atom. The summed E-state index contributed by atoms with van der Waals surface area (Å²) in [6, 6.07) is 0. The van der Waals surface area contributed by atoms with Crippen molar-refractivity contribution >= 4 is 18.0 Å². The van der Waals surface area contributed by atoms with E-state index in [1.807, 2.05) is 0 Å². The Balaban J connectivity index is 2.78. The number of carboxylic acid groups (broad SMARTS) is 1. The van der Waals surface area contributed by atoms with Crippen LogP contribution in [0.15, 0.2) is 22.1 Å². The summed E-state index contributed by atoms with van der Waals surface area (Å²) < 4.78 is 0. The van der Waals surface area contributed by atoms with Crippen molar-refractivity contribution in [1.29, 1.82) is 0 Å². The summed E-state index contributed by atoms with van der Waals surface area (Å²) in [5, 5.41) is 8.39. The third kappa shape index (κ3) is 1.51. The molecule has 0 bridgehead atoms. The lowest BCUT2D eigenvalue weighted by Gasteiger charge is -1.87. The van der Waals surface area contributed by atoms with Crippen LogP contribution in [-0.2, 0) is 4.79 Å². The standard InChI is InChI=1S/C6H6N2O2/c9-6(10)5-7-3-1-2-4-8-5/h1-3H,4H2,(H,9,10). The van der Waals surface area contributed by atoms with E-state index in [1.165, 1.54) is 6.21 Å². The van der Waals surface area contributed by atoms with Crippen LogP contribution in [-0.4, -0.2) is 29.7 Å². The summed E-state index contributed by atoms with van der Waals surface area (Å²) >= 11 is 0. The maximum atomic E-state index is 10.2. The third-order valence-corrected chi connectivity index (χ3v) is 0.957. The average Bonchev–Trinajstić information content (AvgIpc) is 2.12. The van der Waals surface area contributed by atoms with Crippen molar-refractivity contribution < 1.29 is 9.90 Å². The van der Waals surface area contributed by atoms with Crippen LogP contribution in [0.3, 0.4) is 0 Å². The number of amidine groups is 1. The van der Waals surface area contributed by atoms with Gasteiger partial charge in [0.15, 0.2) is 0 Å². The zero-order valence-corrected chi connectivity index (χ0v) is 5.19.